The minimum atomic E-state index is -0.205. The summed E-state index contributed by atoms with van der Waals surface area (Å²) >= 11 is 0. The first-order chi connectivity index (χ1) is 5.63. The van der Waals surface area contributed by atoms with Crippen molar-refractivity contribution in [3.8, 4) is 6.07 Å². The average molecular weight is 166 g/mol. The second-order valence-electron chi connectivity index (χ2n) is 2.77. The quantitative estimate of drug-likeness (QED) is 0.608. The first-order valence-electron chi connectivity index (χ1n) is 3.66. The zero-order valence-electron chi connectivity index (χ0n) is 6.82. The zero-order chi connectivity index (χ0) is 9.14. The van der Waals surface area contributed by atoms with Crippen LogP contribution in [0.25, 0.3) is 0 Å². The monoisotopic (exact) mass is 166 g/mol. The standard InChI is InChI=1S/C7H10N4O/c1-5(3-8)4-11-7(12)2-6(9)10-11/h5H,2,4H2,1H3,(H2,9,10)/t5-/m1/s1. The smallest absolute Gasteiger partial charge is 0.250 e. The summed E-state index contributed by atoms with van der Waals surface area (Å²) in [6.45, 7) is 2.06. The zero-order valence-corrected chi connectivity index (χ0v) is 6.82. The van der Waals surface area contributed by atoms with E-state index in [4.69, 9.17) is 11.0 Å². The molecule has 0 fully saturated rings. The van der Waals surface area contributed by atoms with E-state index in [0.717, 1.165) is 0 Å². The van der Waals surface area contributed by atoms with Gasteiger partial charge in [0.2, 0.25) is 5.91 Å². The van der Waals surface area contributed by atoms with Crippen LogP contribution in [0.5, 0.6) is 0 Å². The van der Waals surface area contributed by atoms with Gasteiger partial charge in [0.15, 0.2) is 0 Å². The molecule has 0 radical (unpaired) electrons. The van der Waals surface area contributed by atoms with Crippen molar-refractivity contribution in [3.63, 3.8) is 0 Å². The fourth-order valence-corrected chi connectivity index (χ4v) is 0.935. The van der Waals surface area contributed by atoms with Gasteiger partial charge >= 0.3 is 0 Å². The topological polar surface area (TPSA) is 82.5 Å². The molecule has 1 rings (SSSR count). The van der Waals surface area contributed by atoms with Crippen LogP contribution >= 0.6 is 0 Å². The molecule has 1 atom stereocenters. The Kier molecular flexibility index (Phi) is 2.29. The molecule has 0 unspecified atom stereocenters. The van der Waals surface area contributed by atoms with Crippen molar-refractivity contribution >= 4 is 11.7 Å². The number of hydrogen-bond acceptors (Lipinski definition) is 4. The number of amidine groups is 1. The molecule has 0 saturated carbocycles. The number of carbonyl (C=O) groups is 1. The van der Waals surface area contributed by atoms with Gasteiger partial charge < -0.3 is 5.73 Å². The summed E-state index contributed by atoms with van der Waals surface area (Å²) in [4.78, 5) is 11.1. The molecule has 5 nitrogen and oxygen atoms in total. The van der Waals surface area contributed by atoms with Gasteiger partial charge in [0.25, 0.3) is 0 Å². The number of hydrazone groups is 1. The maximum atomic E-state index is 11.1. The highest BCUT2D eigenvalue weighted by molar-refractivity contribution is 6.02. The number of nitriles is 1. The normalized spacial score (nSPS) is 18.8. The fourth-order valence-electron chi connectivity index (χ4n) is 0.935. The van der Waals surface area contributed by atoms with Crippen LogP contribution in [0.15, 0.2) is 5.10 Å². The maximum absolute atomic E-state index is 11.1. The Morgan fingerprint density at radius 3 is 3.00 bits per heavy atom. The Morgan fingerprint density at radius 1 is 1.92 bits per heavy atom. The Bertz CT molecular complexity index is 265. The van der Waals surface area contributed by atoms with Crippen molar-refractivity contribution in [1.29, 1.82) is 5.26 Å². The van der Waals surface area contributed by atoms with Gasteiger partial charge in [-0.3, -0.25) is 4.79 Å². The molecule has 1 heterocycles. The minimum Gasteiger partial charge on any atom is -0.385 e. The number of rotatable bonds is 2. The van der Waals surface area contributed by atoms with E-state index in [2.05, 4.69) is 5.10 Å². The summed E-state index contributed by atoms with van der Waals surface area (Å²) in [7, 11) is 0. The lowest BCUT2D eigenvalue weighted by Gasteiger charge is -2.11. The number of carbonyl (C=O) groups excluding carboxylic acids is 1. The van der Waals surface area contributed by atoms with Crippen LogP contribution in [0.2, 0.25) is 0 Å². The fraction of sp³-hybridized carbons (Fsp3) is 0.571. The number of nitrogens with two attached hydrogens (primary N) is 1. The Morgan fingerprint density at radius 2 is 2.58 bits per heavy atom. The predicted octanol–water partition coefficient (Wildman–Crippen LogP) is -0.349. The third kappa shape index (κ3) is 1.72. The highest BCUT2D eigenvalue weighted by Gasteiger charge is 2.22. The molecule has 64 valence electrons. The molecule has 0 bridgehead atoms. The first-order valence-corrected chi connectivity index (χ1v) is 3.66. The van der Waals surface area contributed by atoms with Crippen LogP contribution in [-0.2, 0) is 4.79 Å². The van der Waals surface area contributed by atoms with Crippen molar-refractivity contribution in [2.45, 2.75) is 13.3 Å². The molecule has 0 spiro atoms. The third-order valence-corrected chi connectivity index (χ3v) is 1.54. The Labute approximate surface area is 70.4 Å². The van der Waals surface area contributed by atoms with Crippen molar-refractivity contribution in [3.05, 3.63) is 0 Å². The Hall–Kier alpha value is -1.57. The molecule has 1 aliphatic heterocycles. The summed E-state index contributed by atoms with van der Waals surface area (Å²) < 4.78 is 0. The molecule has 0 aliphatic carbocycles. The van der Waals surface area contributed by atoms with E-state index in [9.17, 15) is 4.79 Å². The molecule has 5 heteroatoms. The van der Waals surface area contributed by atoms with Gasteiger partial charge in [-0.2, -0.15) is 10.4 Å². The van der Waals surface area contributed by atoms with Gasteiger partial charge in [0.05, 0.1) is 25.0 Å². The van der Waals surface area contributed by atoms with Crippen LogP contribution in [0.1, 0.15) is 13.3 Å². The maximum Gasteiger partial charge on any atom is 0.250 e. The number of nitrogens with zero attached hydrogens (tertiary/aromatic N) is 3. The number of amides is 1. The molecule has 2 N–H and O–H groups in total. The molecular formula is C7H10N4O. The van der Waals surface area contributed by atoms with E-state index in [0.29, 0.717) is 12.4 Å². The van der Waals surface area contributed by atoms with Crippen LogP contribution in [0.3, 0.4) is 0 Å². The predicted molar refractivity (Wildman–Crippen MR) is 42.7 cm³/mol. The lowest BCUT2D eigenvalue weighted by atomic mass is 10.2. The van der Waals surface area contributed by atoms with Crippen molar-refractivity contribution in [1.82, 2.24) is 5.01 Å². The average Bonchev–Trinajstić information content (AvgIpc) is 2.30. The van der Waals surface area contributed by atoms with E-state index in [1.165, 1.54) is 5.01 Å². The summed E-state index contributed by atoms with van der Waals surface area (Å²) in [6, 6.07) is 2.02. The number of hydrogen-bond donors (Lipinski definition) is 1. The molecule has 12 heavy (non-hydrogen) atoms. The van der Waals surface area contributed by atoms with Gasteiger partial charge in [0, 0.05) is 0 Å². The SMILES string of the molecule is C[C@H](C#N)CN1N=C(N)CC1=O. The molecule has 0 saturated heterocycles. The first kappa shape index (κ1) is 8.53. The molecule has 0 aromatic carbocycles. The van der Waals surface area contributed by atoms with E-state index < -0.39 is 0 Å². The second-order valence-corrected chi connectivity index (χ2v) is 2.77. The highest BCUT2D eigenvalue weighted by atomic mass is 16.2. The largest absolute Gasteiger partial charge is 0.385 e. The molecule has 0 aromatic heterocycles. The summed E-state index contributed by atoms with van der Waals surface area (Å²) in [6.07, 6.45) is 0.179. The molecule has 1 aliphatic rings. The van der Waals surface area contributed by atoms with Gasteiger partial charge in [-0.1, -0.05) is 0 Å². The summed E-state index contributed by atoms with van der Waals surface area (Å²) in [5, 5.41) is 13.5. The highest BCUT2D eigenvalue weighted by Crippen LogP contribution is 2.07. The van der Waals surface area contributed by atoms with Crippen LogP contribution in [0, 0.1) is 17.2 Å². The van der Waals surface area contributed by atoms with E-state index in [-0.39, 0.29) is 18.2 Å². The van der Waals surface area contributed by atoms with E-state index in [1.54, 1.807) is 6.92 Å². The third-order valence-electron chi connectivity index (χ3n) is 1.54. The lowest BCUT2D eigenvalue weighted by molar-refractivity contribution is -0.128. The van der Waals surface area contributed by atoms with Crippen molar-refractivity contribution in [2.75, 3.05) is 6.54 Å². The minimum absolute atomic E-state index is 0.130. The lowest BCUT2D eigenvalue weighted by Crippen LogP contribution is -2.25. The molecule has 1 amide bonds. The van der Waals surface area contributed by atoms with Crippen LogP contribution in [0.4, 0.5) is 0 Å². The van der Waals surface area contributed by atoms with E-state index in [1.807, 2.05) is 6.07 Å². The van der Waals surface area contributed by atoms with E-state index >= 15 is 0 Å². The summed E-state index contributed by atoms with van der Waals surface area (Å²) in [5.41, 5.74) is 5.34. The Balaban J connectivity index is 2.54. The van der Waals surface area contributed by atoms with Crippen LogP contribution in [-0.4, -0.2) is 23.3 Å². The molecular weight excluding hydrogens is 156 g/mol. The van der Waals surface area contributed by atoms with Gasteiger partial charge in [0.1, 0.15) is 5.84 Å². The van der Waals surface area contributed by atoms with Gasteiger partial charge in [-0.25, -0.2) is 5.01 Å². The van der Waals surface area contributed by atoms with Crippen molar-refractivity contribution < 1.29 is 4.79 Å². The summed E-state index contributed by atoms with van der Waals surface area (Å²) in [5.74, 6) is -0.0108. The van der Waals surface area contributed by atoms with Gasteiger partial charge in [-0.05, 0) is 6.92 Å². The second kappa shape index (κ2) is 3.22. The van der Waals surface area contributed by atoms with Gasteiger partial charge in [-0.15, -0.1) is 0 Å². The molecule has 0 aromatic rings. The van der Waals surface area contributed by atoms with Crippen LogP contribution < -0.4 is 5.73 Å². The van der Waals surface area contributed by atoms with Crippen molar-refractivity contribution in [2.24, 2.45) is 16.8 Å².